The lowest BCUT2D eigenvalue weighted by Gasteiger charge is -2.07. The highest BCUT2D eigenvalue weighted by molar-refractivity contribution is 6.04. The Balaban J connectivity index is 2.24. The van der Waals surface area contributed by atoms with E-state index < -0.39 is 28.2 Å². The number of amides is 1. The molecule has 0 saturated heterocycles. The van der Waals surface area contributed by atoms with Crippen LogP contribution in [-0.4, -0.2) is 10.8 Å². The quantitative estimate of drug-likeness (QED) is 0.695. The van der Waals surface area contributed by atoms with E-state index >= 15 is 0 Å². The third-order valence-corrected chi connectivity index (χ3v) is 2.78. The highest BCUT2D eigenvalue weighted by Gasteiger charge is 2.17. The second-order valence-electron chi connectivity index (χ2n) is 4.36. The Labute approximate surface area is 118 Å². The molecule has 0 aliphatic heterocycles. The Hall–Kier alpha value is -2.83. The first kappa shape index (κ1) is 14.6. The van der Waals surface area contributed by atoms with Gasteiger partial charge in [0.15, 0.2) is 0 Å². The fourth-order valence-electron chi connectivity index (χ4n) is 1.71. The number of benzene rings is 2. The summed E-state index contributed by atoms with van der Waals surface area (Å²) in [5, 5.41) is 12.8. The van der Waals surface area contributed by atoms with Gasteiger partial charge in [-0.3, -0.25) is 14.9 Å². The molecule has 0 radical (unpaired) electrons. The molecule has 2 aromatic carbocycles. The van der Waals surface area contributed by atoms with Gasteiger partial charge in [0.05, 0.1) is 10.6 Å². The number of hydrogen-bond acceptors (Lipinski definition) is 3. The first-order valence-electron chi connectivity index (χ1n) is 5.90. The van der Waals surface area contributed by atoms with Gasteiger partial charge in [-0.2, -0.15) is 4.39 Å². The maximum Gasteiger partial charge on any atom is 0.304 e. The molecule has 0 bridgehead atoms. The monoisotopic (exact) mass is 292 g/mol. The van der Waals surface area contributed by atoms with Crippen LogP contribution in [0.3, 0.4) is 0 Å². The maximum atomic E-state index is 13.6. The topological polar surface area (TPSA) is 72.2 Å². The van der Waals surface area contributed by atoms with Crippen LogP contribution in [0.15, 0.2) is 36.4 Å². The zero-order valence-electron chi connectivity index (χ0n) is 10.9. The highest BCUT2D eigenvalue weighted by atomic mass is 19.1. The van der Waals surface area contributed by atoms with Gasteiger partial charge in [0, 0.05) is 11.6 Å². The number of anilines is 1. The fraction of sp³-hybridized carbons (Fsp3) is 0.0714. The zero-order chi connectivity index (χ0) is 15.6. The minimum atomic E-state index is -1.13. The Morgan fingerprint density at radius 1 is 1.14 bits per heavy atom. The molecule has 2 rings (SSSR count). The Bertz CT molecular complexity index is 732. The Morgan fingerprint density at radius 3 is 2.43 bits per heavy atom. The molecule has 7 heteroatoms. The minimum absolute atomic E-state index is 0.0515. The number of halogens is 2. The van der Waals surface area contributed by atoms with Crippen molar-refractivity contribution in [3.63, 3.8) is 0 Å². The molecule has 108 valence electrons. The third-order valence-electron chi connectivity index (χ3n) is 2.78. The van der Waals surface area contributed by atoms with Gasteiger partial charge in [0.1, 0.15) is 5.82 Å². The van der Waals surface area contributed by atoms with Crippen LogP contribution in [0.5, 0.6) is 0 Å². The van der Waals surface area contributed by atoms with Crippen LogP contribution >= 0.6 is 0 Å². The molecule has 0 aliphatic rings. The van der Waals surface area contributed by atoms with Crippen molar-refractivity contribution in [2.24, 2.45) is 0 Å². The van der Waals surface area contributed by atoms with E-state index in [0.717, 1.165) is 18.2 Å². The molecule has 0 fully saturated rings. The molecule has 1 amide bonds. The second-order valence-corrected chi connectivity index (χ2v) is 4.36. The number of carbonyl (C=O) groups excluding carboxylic acids is 1. The van der Waals surface area contributed by atoms with Gasteiger partial charge in [-0.25, -0.2) is 4.39 Å². The van der Waals surface area contributed by atoms with E-state index in [1.165, 1.54) is 12.1 Å². The van der Waals surface area contributed by atoms with Crippen LogP contribution in [0.25, 0.3) is 0 Å². The van der Waals surface area contributed by atoms with Gasteiger partial charge in [-0.1, -0.05) is 6.07 Å². The molecular formula is C14H10F2N2O3. The number of nitrogens with one attached hydrogen (secondary N) is 1. The number of nitrogens with zero attached hydrogens (tertiary/aromatic N) is 1. The van der Waals surface area contributed by atoms with Crippen LogP contribution < -0.4 is 5.32 Å². The number of hydrogen-bond donors (Lipinski definition) is 1. The molecule has 5 nitrogen and oxygen atoms in total. The predicted molar refractivity (Wildman–Crippen MR) is 72.1 cm³/mol. The Morgan fingerprint density at radius 2 is 1.86 bits per heavy atom. The summed E-state index contributed by atoms with van der Waals surface area (Å²) in [4.78, 5) is 21.5. The maximum absolute atomic E-state index is 13.6. The summed E-state index contributed by atoms with van der Waals surface area (Å²) < 4.78 is 27.0. The summed E-state index contributed by atoms with van der Waals surface area (Å²) in [7, 11) is 0. The molecule has 0 unspecified atom stereocenters. The van der Waals surface area contributed by atoms with E-state index in [-0.39, 0.29) is 11.3 Å². The summed E-state index contributed by atoms with van der Waals surface area (Å²) in [5.74, 6) is -2.51. The molecule has 0 heterocycles. The average molecular weight is 292 g/mol. The molecular weight excluding hydrogens is 282 g/mol. The molecule has 0 saturated carbocycles. The lowest BCUT2D eigenvalue weighted by molar-refractivity contribution is -0.387. The number of rotatable bonds is 3. The van der Waals surface area contributed by atoms with Gasteiger partial charge >= 0.3 is 5.69 Å². The van der Waals surface area contributed by atoms with Crippen molar-refractivity contribution >= 4 is 17.3 Å². The molecule has 1 N–H and O–H groups in total. The third kappa shape index (κ3) is 3.19. The molecule has 21 heavy (non-hydrogen) atoms. The number of nitro groups is 1. The van der Waals surface area contributed by atoms with Crippen molar-refractivity contribution < 1.29 is 18.5 Å². The summed E-state index contributed by atoms with van der Waals surface area (Å²) >= 11 is 0. The van der Waals surface area contributed by atoms with Gasteiger partial charge in [0.2, 0.25) is 5.82 Å². The zero-order valence-corrected chi connectivity index (χ0v) is 10.9. The van der Waals surface area contributed by atoms with E-state index in [9.17, 15) is 23.7 Å². The second kappa shape index (κ2) is 5.66. The molecule has 0 spiro atoms. The van der Waals surface area contributed by atoms with Crippen molar-refractivity contribution in [1.82, 2.24) is 0 Å². The van der Waals surface area contributed by atoms with E-state index in [1.807, 2.05) is 0 Å². The van der Waals surface area contributed by atoms with Crippen molar-refractivity contribution in [2.75, 3.05) is 5.32 Å². The van der Waals surface area contributed by atoms with Crippen LogP contribution in [-0.2, 0) is 0 Å². The van der Waals surface area contributed by atoms with Crippen molar-refractivity contribution in [2.45, 2.75) is 6.92 Å². The first-order chi connectivity index (χ1) is 9.88. The smallest absolute Gasteiger partial charge is 0.304 e. The SMILES string of the molecule is Cc1ccc(NC(=O)c2ccc([N+](=O)[O-])c(F)c2)c(F)c1. The Kier molecular flexibility index (Phi) is 3.93. The summed E-state index contributed by atoms with van der Waals surface area (Å²) in [6.07, 6.45) is 0. The lowest BCUT2D eigenvalue weighted by Crippen LogP contribution is -2.13. The van der Waals surface area contributed by atoms with E-state index in [4.69, 9.17) is 0 Å². The van der Waals surface area contributed by atoms with Crippen LogP contribution in [0, 0.1) is 28.7 Å². The first-order valence-corrected chi connectivity index (χ1v) is 5.90. The van der Waals surface area contributed by atoms with E-state index in [2.05, 4.69) is 5.32 Å². The predicted octanol–water partition coefficient (Wildman–Crippen LogP) is 3.43. The number of carbonyl (C=O) groups is 1. The van der Waals surface area contributed by atoms with Gasteiger partial charge in [0.25, 0.3) is 5.91 Å². The van der Waals surface area contributed by atoms with Gasteiger partial charge in [-0.05, 0) is 36.8 Å². The summed E-state index contributed by atoms with van der Waals surface area (Å²) in [5.41, 5.74) is -0.234. The highest BCUT2D eigenvalue weighted by Crippen LogP contribution is 2.20. The van der Waals surface area contributed by atoms with Crippen LogP contribution in [0.1, 0.15) is 15.9 Å². The van der Waals surface area contributed by atoms with Gasteiger partial charge in [-0.15, -0.1) is 0 Å². The van der Waals surface area contributed by atoms with E-state index in [0.29, 0.717) is 5.56 Å². The van der Waals surface area contributed by atoms with Crippen molar-refractivity contribution in [3.8, 4) is 0 Å². The standard InChI is InChI=1S/C14H10F2N2O3/c1-8-2-4-12(10(15)6-8)17-14(19)9-3-5-13(18(20)21)11(16)7-9/h2-7H,1H3,(H,17,19). The van der Waals surface area contributed by atoms with Gasteiger partial charge < -0.3 is 5.32 Å². The average Bonchev–Trinajstić information content (AvgIpc) is 2.41. The lowest BCUT2D eigenvalue weighted by atomic mass is 10.1. The molecule has 2 aromatic rings. The molecule has 0 aliphatic carbocycles. The van der Waals surface area contributed by atoms with Crippen LogP contribution in [0.2, 0.25) is 0 Å². The van der Waals surface area contributed by atoms with E-state index in [1.54, 1.807) is 13.0 Å². The normalized spacial score (nSPS) is 10.2. The molecule has 0 atom stereocenters. The largest absolute Gasteiger partial charge is 0.319 e. The van der Waals surface area contributed by atoms with Crippen molar-refractivity contribution in [3.05, 3.63) is 69.3 Å². The summed E-state index contributed by atoms with van der Waals surface area (Å²) in [6.45, 7) is 1.69. The molecule has 0 aromatic heterocycles. The number of aryl methyl sites for hydroxylation is 1. The summed E-state index contributed by atoms with van der Waals surface area (Å²) in [6, 6.07) is 6.95. The number of nitro benzene ring substituents is 1. The van der Waals surface area contributed by atoms with Crippen molar-refractivity contribution in [1.29, 1.82) is 0 Å². The van der Waals surface area contributed by atoms with Crippen LogP contribution in [0.4, 0.5) is 20.2 Å². The minimum Gasteiger partial charge on any atom is -0.319 e. The fourth-order valence-corrected chi connectivity index (χ4v) is 1.71.